The number of rotatable bonds is 3. The molecule has 3 aromatic rings. The van der Waals surface area contributed by atoms with Gasteiger partial charge in [0.1, 0.15) is 0 Å². The minimum Gasteiger partial charge on any atom is -0.462 e. The summed E-state index contributed by atoms with van der Waals surface area (Å²) in [5.74, 6) is -0.365. The predicted octanol–water partition coefficient (Wildman–Crippen LogP) is 2.80. The van der Waals surface area contributed by atoms with Crippen molar-refractivity contribution in [2.45, 2.75) is 13.8 Å². The second-order valence-corrected chi connectivity index (χ2v) is 5.05. The first-order chi connectivity index (χ1) is 10.6. The number of nitrogens with one attached hydrogen (secondary N) is 1. The maximum Gasteiger partial charge on any atom is 0.338 e. The summed E-state index contributed by atoms with van der Waals surface area (Å²) >= 11 is 0. The maximum atomic E-state index is 12.2. The van der Waals surface area contributed by atoms with Crippen molar-refractivity contribution in [3.63, 3.8) is 0 Å². The first-order valence-corrected chi connectivity index (χ1v) is 7.09. The average molecular weight is 296 g/mol. The molecule has 1 N–H and O–H groups in total. The predicted molar refractivity (Wildman–Crippen MR) is 84.6 cm³/mol. The van der Waals surface area contributed by atoms with E-state index in [2.05, 4.69) is 4.98 Å². The van der Waals surface area contributed by atoms with Crippen LogP contribution in [0.2, 0.25) is 0 Å². The Hall–Kier alpha value is -2.82. The zero-order valence-corrected chi connectivity index (χ0v) is 12.4. The van der Waals surface area contributed by atoms with Gasteiger partial charge in [0.15, 0.2) is 0 Å². The molecule has 22 heavy (non-hydrogen) atoms. The normalized spacial score (nSPS) is 10.8. The fraction of sp³-hybridized carbons (Fsp3) is 0.176. The van der Waals surface area contributed by atoms with Crippen LogP contribution in [0.5, 0.6) is 0 Å². The number of ether oxygens (including phenoxy) is 1. The van der Waals surface area contributed by atoms with E-state index in [-0.39, 0.29) is 11.7 Å². The smallest absolute Gasteiger partial charge is 0.338 e. The molecule has 1 aromatic heterocycles. The van der Waals surface area contributed by atoms with Gasteiger partial charge in [-0.25, -0.2) is 9.59 Å². The number of aromatic nitrogens is 2. The van der Waals surface area contributed by atoms with Crippen LogP contribution < -0.4 is 5.69 Å². The van der Waals surface area contributed by atoms with E-state index in [0.29, 0.717) is 17.9 Å². The van der Waals surface area contributed by atoms with E-state index in [1.165, 1.54) is 0 Å². The molecular weight excluding hydrogens is 280 g/mol. The summed E-state index contributed by atoms with van der Waals surface area (Å²) in [6.07, 6.45) is 0. The van der Waals surface area contributed by atoms with Gasteiger partial charge in [-0.1, -0.05) is 6.07 Å². The van der Waals surface area contributed by atoms with Gasteiger partial charge in [-0.05, 0) is 55.8 Å². The molecule has 112 valence electrons. The average Bonchev–Trinajstić information content (AvgIpc) is 2.82. The Morgan fingerprint density at radius 1 is 1.18 bits per heavy atom. The summed E-state index contributed by atoms with van der Waals surface area (Å²) < 4.78 is 6.54. The van der Waals surface area contributed by atoms with Crippen LogP contribution in [0.25, 0.3) is 16.7 Å². The van der Waals surface area contributed by atoms with Crippen molar-refractivity contribution in [1.82, 2.24) is 9.55 Å². The highest BCUT2D eigenvalue weighted by atomic mass is 16.5. The highest BCUT2D eigenvalue weighted by molar-refractivity contribution is 5.89. The van der Waals surface area contributed by atoms with Crippen LogP contribution in [0.3, 0.4) is 0 Å². The Morgan fingerprint density at radius 2 is 1.91 bits per heavy atom. The zero-order chi connectivity index (χ0) is 15.7. The molecule has 0 aliphatic carbocycles. The molecule has 0 saturated carbocycles. The Balaban J connectivity index is 2.06. The van der Waals surface area contributed by atoms with E-state index in [1.54, 1.807) is 35.8 Å². The lowest BCUT2D eigenvalue weighted by Crippen LogP contribution is -2.14. The summed E-state index contributed by atoms with van der Waals surface area (Å²) in [5, 5.41) is 0. The van der Waals surface area contributed by atoms with Gasteiger partial charge >= 0.3 is 11.7 Å². The van der Waals surface area contributed by atoms with Crippen LogP contribution in [-0.4, -0.2) is 22.1 Å². The van der Waals surface area contributed by atoms with Crippen molar-refractivity contribution < 1.29 is 9.53 Å². The van der Waals surface area contributed by atoms with Gasteiger partial charge in [0.25, 0.3) is 0 Å². The van der Waals surface area contributed by atoms with Crippen molar-refractivity contribution >= 4 is 17.0 Å². The molecule has 5 nitrogen and oxygen atoms in total. The minimum absolute atomic E-state index is 0.204. The van der Waals surface area contributed by atoms with E-state index in [0.717, 1.165) is 16.6 Å². The Morgan fingerprint density at radius 3 is 2.59 bits per heavy atom. The van der Waals surface area contributed by atoms with Crippen LogP contribution in [0.4, 0.5) is 0 Å². The molecule has 0 atom stereocenters. The quantitative estimate of drug-likeness (QED) is 0.756. The monoisotopic (exact) mass is 296 g/mol. The minimum atomic E-state index is -0.365. The number of hydrogen-bond acceptors (Lipinski definition) is 3. The molecule has 0 radical (unpaired) electrons. The summed E-state index contributed by atoms with van der Waals surface area (Å²) in [7, 11) is 0. The van der Waals surface area contributed by atoms with E-state index >= 15 is 0 Å². The van der Waals surface area contributed by atoms with E-state index in [9.17, 15) is 9.59 Å². The molecule has 0 unspecified atom stereocenters. The van der Waals surface area contributed by atoms with Crippen LogP contribution >= 0.6 is 0 Å². The van der Waals surface area contributed by atoms with Crippen LogP contribution in [-0.2, 0) is 4.74 Å². The van der Waals surface area contributed by atoms with Gasteiger partial charge < -0.3 is 9.72 Å². The Bertz CT molecular complexity index is 888. The number of aryl methyl sites for hydroxylation is 1. The van der Waals surface area contributed by atoms with E-state index in [4.69, 9.17) is 4.74 Å². The van der Waals surface area contributed by atoms with Crippen molar-refractivity contribution in [1.29, 1.82) is 0 Å². The molecule has 0 fully saturated rings. The van der Waals surface area contributed by atoms with Gasteiger partial charge in [0.05, 0.1) is 28.9 Å². The molecule has 2 aromatic carbocycles. The molecular formula is C17H16N2O3. The number of fused-ring (bicyclic) bond motifs is 1. The number of carbonyl (C=O) groups is 1. The number of hydrogen-bond donors (Lipinski definition) is 1. The molecule has 0 saturated heterocycles. The third-order valence-electron chi connectivity index (χ3n) is 3.47. The summed E-state index contributed by atoms with van der Waals surface area (Å²) in [6.45, 7) is 4.07. The van der Waals surface area contributed by atoms with Gasteiger partial charge in [0, 0.05) is 0 Å². The second kappa shape index (κ2) is 5.52. The van der Waals surface area contributed by atoms with E-state index < -0.39 is 0 Å². The number of esters is 1. The molecule has 0 spiro atoms. The lowest BCUT2D eigenvalue weighted by molar-refractivity contribution is 0.0526. The molecule has 0 aliphatic rings. The topological polar surface area (TPSA) is 64.1 Å². The van der Waals surface area contributed by atoms with Crippen LogP contribution in [0, 0.1) is 6.92 Å². The van der Waals surface area contributed by atoms with Crippen molar-refractivity contribution in [2.75, 3.05) is 6.61 Å². The SMILES string of the molecule is CCOC(=O)c1ccc(-n2c(=O)[nH]c3cc(C)ccc32)cc1. The Kier molecular flexibility index (Phi) is 3.55. The summed E-state index contributed by atoms with van der Waals surface area (Å²) in [4.78, 5) is 26.7. The van der Waals surface area contributed by atoms with Crippen molar-refractivity contribution in [3.8, 4) is 5.69 Å². The maximum absolute atomic E-state index is 12.2. The zero-order valence-electron chi connectivity index (χ0n) is 12.4. The largest absolute Gasteiger partial charge is 0.462 e. The van der Waals surface area contributed by atoms with Gasteiger partial charge in [-0.3, -0.25) is 4.57 Å². The highest BCUT2D eigenvalue weighted by Gasteiger charge is 2.10. The van der Waals surface area contributed by atoms with E-state index in [1.807, 2.05) is 25.1 Å². The first-order valence-electron chi connectivity index (χ1n) is 7.09. The molecule has 5 heteroatoms. The molecule has 0 bridgehead atoms. The summed E-state index contributed by atoms with van der Waals surface area (Å²) in [6, 6.07) is 12.6. The van der Waals surface area contributed by atoms with Crippen molar-refractivity contribution in [3.05, 3.63) is 64.1 Å². The third kappa shape index (κ3) is 2.41. The number of nitrogens with zero attached hydrogens (tertiary/aromatic N) is 1. The summed E-state index contributed by atoms with van der Waals surface area (Å²) in [5.41, 5.74) is 3.64. The standard InChI is InChI=1S/C17H16N2O3/c1-3-22-16(20)12-5-7-13(8-6-12)19-15-9-4-11(2)10-14(15)18-17(19)21/h4-10H,3H2,1-2H3,(H,18,21). The fourth-order valence-corrected chi connectivity index (χ4v) is 2.44. The number of benzene rings is 2. The van der Waals surface area contributed by atoms with Crippen LogP contribution in [0.1, 0.15) is 22.8 Å². The van der Waals surface area contributed by atoms with Gasteiger partial charge in [-0.2, -0.15) is 0 Å². The van der Waals surface area contributed by atoms with Gasteiger partial charge in [-0.15, -0.1) is 0 Å². The van der Waals surface area contributed by atoms with Gasteiger partial charge in [0.2, 0.25) is 0 Å². The second-order valence-electron chi connectivity index (χ2n) is 5.05. The lowest BCUT2D eigenvalue weighted by Gasteiger charge is -2.05. The highest BCUT2D eigenvalue weighted by Crippen LogP contribution is 2.17. The fourth-order valence-electron chi connectivity index (χ4n) is 2.44. The van der Waals surface area contributed by atoms with Crippen LogP contribution in [0.15, 0.2) is 47.3 Å². The molecule has 3 rings (SSSR count). The van der Waals surface area contributed by atoms with Crippen molar-refractivity contribution in [2.24, 2.45) is 0 Å². The first kappa shape index (κ1) is 14.1. The number of carbonyl (C=O) groups excluding carboxylic acids is 1. The molecule has 1 heterocycles. The number of imidazole rings is 1. The molecule has 0 aliphatic heterocycles. The lowest BCUT2D eigenvalue weighted by atomic mass is 10.2. The number of aromatic amines is 1. The number of H-pyrrole nitrogens is 1. The molecule has 0 amide bonds. The third-order valence-corrected chi connectivity index (χ3v) is 3.47. The Labute approximate surface area is 127 Å².